The van der Waals surface area contributed by atoms with Gasteiger partial charge in [0, 0.05) is 18.7 Å². The van der Waals surface area contributed by atoms with Crippen molar-refractivity contribution in [1.29, 1.82) is 0 Å². The SMILES string of the molecule is O=C(O)c1cc(CCOC2CCCCO2)[nH]n1. The summed E-state index contributed by atoms with van der Waals surface area (Å²) in [4.78, 5) is 10.6. The van der Waals surface area contributed by atoms with Crippen LogP contribution in [0.1, 0.15) is 35.4 Å². The molecule has 1 aliphatic rings. The fourth-order valence-corrected chi connectivity index (χ4v) is 1.74. The van der Waals surface area contributed by atoms with Crippen LogP contribution in [0.3, 0.4) is 0 Å². The van der Waals surface area contributed by atoms with Crippen molar-refractivity contribution in [2.24, 2.45) is 0 Å². The number of H-pyrrole nitrogens is 1. The Kier molecular flexibility index (Phi) is 4.11. The summed E-state index contributed by atoms with van der Waals surface area (Å²) in [5.74, 6) is -1.02. The molecule has 1 unspecified atom stereocenters. The number of hydrogen-bond donors (Lipinski definition) is 2. The van der Waals surface area contributed by atoms with Crippen molar-refractivity contribution in [1.82, 2.24) is 10.2 Å². The number of carboxylic acids is 1. The molecule has 1 saturated heterocycles. The Morgan fingerprint density at radius 3 is 3.18 bits per heavy atom. The number of nitrogens with zero attached hydrogens (tertiary/aromatic N) is 1. The van der Waals surface area contributed by atoms with Gasteiger partial charge in [-0.3, -0.25) is 5.10 Å². The highest BCUT2D eigenvalue weighted by Gasteiger charge is 2.14. The van der Waals surface area contributed by atoms with Gasteiger partial charge in [-0.2, -0.15) is 5.10 Å². The normalized spacial score (nSPS) is 20.4. The van der Waals surface area contributed by atoms with E-state index in [2.05, 4.69) is 10.2 Å². The Labute approximate surface area is 98.9 Å². The molecule has 0 aromatic carbocycles. The maximum Gasteiger partial charge on any atom is 0.356 e. The van der Waals surface area contributed by atoms with E-state index in [0.29, 0.717) is 13.0 Å². The number of aromatic nitrogens is 2. The molecule has 0 amide bonds. The molecule has 1 fully saturated rings. The van der Waals surface area contributed by atoms with Gasteiger partial charge in [0.1, 0.15) is 0 Å². The Bertz CT molecular complexity index is 371. The molecule has 94 valence electrons. The number of rotatable bonds is 5. The van der Waals surface area contributed by atoms with Crippen LogP contribution < -0.4 is 0 Å². The van der Waals surface area contributed by atoms with Gasteiger partial charge in [-0.05, 0) is 25.3 Å². The highest BCUT2D eigenvalue weighted by atomic mass is 16.7. The fourth-order valence-electron chi connectivity index (χ4n) is 1.74. The minimum atomic E-state index is -1.02. The van der Waals surface area contributed by atoms with Crippen LogP contribution in [-0.4, -0.2) is 40.8 Å². The van der Waals surface area contributed by atoms with Crippen LogP contribution in [0.15, 0.2) is 6.07 Å². The van der Waals surface area contributed by atoms with Gasteiger partial charge < -0.3 is 14.6 Å². The number of hydrogen-bond acceptors (Lipinski definition) is 4. The molecule has 2 heterocycles. The second kappa shape index (κ2) is 5.79. The Morgan fingerprint density at radius 1 is 1.65 bits per heavy atom. The third kappa shape index (κ3) is 3.54. The quantitative estimate of drug-likeness (QED) is 0.807. The lowest BCUT2D eigenvalue weighted by molar-refractivity contribution is -0.161. The zero-order valence-corrected chi connectivity index (χ0v) is 9.52. The molecule has 6 nitrogen and oxygen atoms in total. The first-order valence-electron chi connectivity index (χ1n) is 5.76. The molecule has 1 aliphatic heterocycles. The monoisotopic (exact) mass is 240 g/mol. The van der Waals surface area contributed by atoms with Crippen molar-refractivity contribution in [2.75, 3.05) is 13.2 Å². The smallest absolute Gasteiger partial charge is 0.356 e. The number of nitrogens with one attached hydrogen (secondary N) is 1. The fraction of sp³-hybridized carbons (Fsp3) is 0.636. The van der Waals surface area contributed by atoms with Crippen molar-refractivity contribution in [3.8, 4) is 0 Å². The summed E-state index contributed by atoms with van der Waals surface area (Å²) in [6, 6.07) is 1.52. The molecule has 1 aromatic rings. The van der Waals surface area contributed by atoms with Crippen molar-refractivity contribution in [3.63, 3.8) is 0 Å². The number of aromatic amines is 1. The Morgan fingerprint density at radius 2 is 2.53 bits per heavy atom. The minimum Gasteiger partial charge on any atom is -0.476 e. The molecule has 2 rings (SSSR count). The standard InChI is InChI=1S/C11H16N2O4/c14-11(15)9-7-8(12-13-9)4-6-17-10-3-1-2-5-16-10/h7,10H,1-6H2,(H,12,13)(H,14,15). The summed E-state index contributed by atoms with van der Waals surface area (Å²) >= 11 is 0. The molecule has 2 N–H and O–H groups in total. The van der Waals surface area contributed by atoms with Crippen LogP contribution in [0.5, 0.6) is 0 Å². The maximum atomic E-state index is 10.6. The maximum absolute atomic E-state index is 10.6. The topological polar surface area (TPSA) is 84.4 Å². The zero-order valence-electron chi connectivity index (χ0n) is 9.52. The van der Waals surface area contributed by atoms with Gasteiger partial charge in [0.2, 0.25) is 0 Å². The molecule has 0 saturated carbocycles. The van der Waals surface area contributed by atoms with Gasteiger partial charge >= 0.3 is 5.97 Å². The van der Waals surface area contributed by atoms with E-state index in [1.807, 2.05) is 0 Å². The molecule has 1 aromatic heterocycles. The molecule has 0 spiro atoms. The minimum absolute atomic E-state index is 0.0360. The zero-order chi connectivity index (χ0) is 12.1. The van der Waals surface area contributed by atoms with E-state index >= 15 is 0 Å². The third-order valence-corrected chi connectivity index (χ3v) is 2.66. The highest BCUT2D eigenvalue weighted by Crippen LogP contribution is 2.13. The van der Waals surface area contributed by atoms with Gasteiger partial charge in [-0.15, -0.1) is 0 Å². The van der Waals surface area contributed by atoms with E-state index in [4.69, 9.17) is 14.6 Å². The van der Waals surface area contributed by atoms with E-state index in [0.717, 1.165) is 31.6 Å². The van der Waals surface area contributed by atoms with Crippen LogP contribution in [-0.2, 0) is 15.9 Å². The molecule has 17 heavy (non-hydrogen) atoms. The van der Waals surface area contributed by atoms with Gasteiger partial charge in [0.05, 0.1) is 6.61 Å². The number of ether oxygens (including phenoxy) is 2. The summed E-state index contributed by atoms with van der Waals surface area (Å²) in [5.41, 5.74) is 0.798. The van der Waals surface area contributed by atoms with Crippen molar-refractivity contribution in [2.45, 2.75) is 32.0 Å². The molecule has 1 atom stereocenters. The number of carbonyl (C=O) groups is 1. The third-order valence-electron chi connectivity index (χ3n) is 2.66. The predicted octanol–water partition coefficient (Wildman–Crippen LogP) is 1.19. The van der Waals surface area contributed by atoms with E-state index in [9.17, 15) is 4.79 Å². The average Bonchev–Trinajstić information content (AvgIpc) is 2.79. The Hall–Kier alpha value is -1.40. The molecule has 0 radical (unpaired) electrons. The van der Waals surface area contributed by atoms with Crippen LogP contribution >= 0.6 is 0 Å². The first-order valence-corrected chi connectivity index (χ1v) is 5.76. The summed E-state index contributed by atoms with van der Waals surface area (Å²) in [7, 11) is 0. The first-order chi connectivity index (χ1) is 8.25. The second-order valence-electron chi connectivity index (χ2n) is 4.00. The van der Waals surface area contributed by atoms with Crippen LogP contribution in [0, 0.1) is 0 Å². The van der Waals surface area contributed by atoms with E-state index < -0.39 is 5.97 Å². The first kappa shape index (κ1) is 12.1. The lowest BCUT2D eigenvalue weighted by Crippen LogP contribution is -2.23. The second-order valence-corrected chi connectivity index (χ2v) is 4.00. The van der Waals surface area contributed by atoms with Crippen LogP contribution in [0.2, 0.25) is 0 Å². The number of aromatic carboxylic acids is 1. The largest absolute Gasteiger partial charge is 0.476 e. The van der Waals surface area contributed by atoms with Crippen LogP contribution in [0.25, 0.3) is 0 Å². The highest BCUT2D eigenvalue weighted by molar-refractivity contribution is 5.85. The molecular weight excluding hydrogens is 224 g/mol. The van der Waals surface area contributed by atoms with Gasteiger partial charge in [0.15, 0.2) is 12.0 Å². The average molecular weight is 240 g/mol. The number of carboxylic acid groups (broad SMARTS) is 1. The van der Waals surface area contributed by atoms with E-state index in [1.165, 1.54) is 6.07 Å². The van der Waals surface area contributed by atoms with E-state index in [1.54, 1.807) is 0 Å². The van der Waals surface area contributed by atoms with Gasteiger partial charge in [0.25, 0.3) is 0 Å². The molecule has 6 heteroatoms. The summed E-state index contributed by atoms with van der Waals surface area (Å²) in [6.45, 7) is 1.27. The molecule has 0 aliphatic carbocycles. The predicted molar refractivity (Wildman–Crippen MR) is 58.8 cm³/mol. The lowest BCUT2D eigenvalue weighted by Gasteiger charge is -2.22. The van der Waals surface area contributed by atoms with Crippen molar-refractivity contribution >= 4 is 5.97 Å². The van der Waals surface area contributed by atoms with Gasteiger partial charge in [-0.25, -0.2) is 4.79 Å². The van der Waals surface area contributed by atoms with E-state index in [-0.39, 0.29) is 12.0 Å². The van der Waals surface area contributed by atoms with Gasteiger partial charge in [-0.1, -0.05) is 0 Å². The Balaban J connectivity index is 1.71. The molecular formula is C11H16N2O4. The lowest BCUT2D eigenvalue weighted by atomic mass is 10.2. The van der Waals surface area contributed by atoms with Crippen molar-refractivity contribution in [3.05, 3.63) is 17.5 Å². The summed E-state index contributed by atoms with van der Waals surface area (Å²) < 4.78 is 11.0. The summed E-state index contributed by atoms with van der Waals surface area (Å²) in [6.07, 6.45) is 3.68. The van der Waals surface area contributed by atoms with Crippen LogP contribution in [0.4, 0.5) is 0 Å². The van der Waals surface area contributed by atoms with Crippen molar-refractivity contribution < 1.29 is 19.4 Å². The molecule has 0 bridgehead atoms. The summed E-state index contributed by atoms with van der Waals surface area (Å²) in [5, 5.41) is 15.0.